The first-order valence-corrected chi connectivity index (χ1v) is 13.8. The Morgan fingerprint density at radius 1 is 0.821 bits per heavy atom. The van der Waals surface area contributed by atoms with Crippen LogP contribution in [-0.4, -0.2) is 17.9 Å². The molecule has 1 aliphatic heterocycles. The zero-order valence-electron chi connectivity index (χ0n) is 20.3. The van der Waals surface area contributed by atoms with E-state index in [-0.39, 0.29) is 11.3 Å². The summed E-state index contributed by atoms with van der Waals surface area (Å²) in [4.78, 5) is 43.6. The van der Waals surface area contributed by atoms with Gasteiger partial charge in [0, 0.05) is 42.9 Å². The van der Waals surface area contributed by atoms with E-state index in [9.17, 15) is 14.4 Å². The van der Waals surface area contributed by atoms with E-state index in [1.807, 2.05) is 24.3 Å². The predicted molar refractivity (Wildman–Crippen MR) is 158 cm³/mol. The first-order chi connectivity index (χ1) is 18.9. The molecule has 2 atom stereocenters. The molecule has 192 valence electrons. The lowest BCUT2D eigenvalue weighted by molar-refractivity contribution is -0.120. The van der Waals surface area contributed by atoms with Gasteiger partial charge < -0.3 is 5.32 Å². The molecule has 4 aromatic carbocycles. The normalized spacial score (nSPS) is 16.7. The number of hydrogen-bond donors (Lipinski definition) is 1. The number of anilines is 2. The number of halogens is 2. The van der Waals surface area contributed by atoms with Crippen LogP contribution in [0.25, 0.3) is 10.1 Å². The Morgan fingerprint density at radius 3 is 2.21 bits per heavy atom. The lowest BCUT2D eigenvalue weighted by Crippen LogP contribution is -2.54. The highest BCUT2D eigenvalue weighted by Crippen LogP contribution is 2.47. The summed E-state index contributed by atoms with van der Waals surface area (Å²) in [5.41, 5.74) is 1.67. The van der Waals surface area contributed by atoms with Gasteiger partial charge in [-0.05, 0) is 54.1 Å². The number of benzene rings is 4. The van der Waals surface area contributed by atoms with Crippen LogP contribution in [0.4, 0.5) is 10.7 Å². The van der Waals surface area contributed by atoms with E-state index >= 15 is 0 Å². The second-order valence-corrected chi connectivity index (χ2v) is 11.0. The number of fused-ring (bicyclic) bond motifs is 2. The quantitative estimate of drug-likeness (QED) is 0.249. The van der Waals surface area contributed by atoms with Crippen molar-refractivity contribution in [2.75, 3.05) is 4.90 Å². The van der Waals surface area contributed by atoms with Crippen molar-refractivity contribution in [1.82, 2.24) is 5.32 Å². The highest BCUT2D eigenvalue weighted by molar-refractivity contribution is 7.22. The summed E-state index contributed by atoms with van der Waals surface area (Å²) in [5, 5.41) is 4.69. The maximum atomic E-state index is 14.4. The van der Waals surface area contributed by atoms with Crippen LogP contribution in [0.5, 0.6) is 0 Å². The average molecular weight is 571 g/mol. The third kappa shape index (κ3) is 4.51. The van der Waals surface area contributed by atoms with Crippen molar-refractivity contribution in [3.8, 4) is 0 Å². The maximum Gasteiger partial charge on any atom is 0.255 e. The highest BCUT2D eigenvalue weighted by atomic mass is 35.5. The van der Waals surface area contributed by atoms with Crippen molar-refractivity contribution in [1.29, 1.82) is 0 Å². The summed E-state index contributed by atoms with van der Waals surface area (Å²) >= 11 is 14.3. The van der Waals surface area contributed by atoms with Crippen LogP contribution in [0.15, 0.2) is 108 Å². The number of amides is 2. The second-order valence-electron chi connectivity index (χ2n) is 9.12. The summed E-state index contributed by atoms with van der Waals surface area (Å²) in [6.45, 7) is 0. The minimum absolute atomic E-state index is 0.265. The Labute approximate surface area is 238 Å². The fourth-order valence-corrected chi connectivity index (χ4v) is 6.65. The molecule has 5 aromatic rings. The van der Waals surface area contributed by atoms with Crippen LogP contribution in [0, 0.1) is 0 Å². The lowest BCUT2D eigenvalue weighted by atomic mass is 9.81. The van der Waals surface area contributed by atoms with Crippen LogP contribution in [-0.2, 0) is 4.79 Å². The zero-order valence-corrected chi connectivity index (χ0v) is 22.6. The minimum Gasteiger partial charge on any atom is -0.339 e. The van der Waals surface area contributed by atoms with Gasteiger partial charge in [0.25, 0.3) is 11.8 Å². The molecule has 0 aliphatic carbocycles. The number of carbonyl (C=O) groups excluding carboxylic acids is 2. The molecular formula is C31H20Cl2N2O3S. The van der Waals surface area contributed by atoms with Crippen molar-refractivity contribution in [3.63, 3.8) is 0 Å². The van der Waals surface area contributed by atoms with Crippen molar-refractivity contribution in [2.24, 2.45) is 0 Å². The zero-order chi connectivity index (χ0) is 27.1. The Balaban J connectivity index is 1.65. The SMILES string of the molecule is O=C(N[C@H]1C(=O)N(c2ccccc2)c2sc3ccc(Cl)cc3c(=O)c2[C@H]1c1ccccc1Cl)c1ccccc1. The monoisotopic (exact) mass is 570 g/mol. The maximum absolute atomic E-state index is 14.4. The molecule has 6 rings (SSSR count). The van der Waals surface area contributed by atoms with Gasteiger partial charge in [0.15, 0.2) is 5.43 Å². The predicted octanol–water partition coefficient (Wildman–Crippen LogP) is 7.18. The highest BCUT2D eigenvalue weighted by Gasteiger charge is 2.45. The van der Waals surface area contributed by atoms with E-state index in [0.29, 0.717) is 47.5 Å². The molecule has 2 heterocycles. The topological polar surface area (TPSA) is 66.5 Å². The van der Waals surface area contributed by atoms with Crippen molar-refractivity contribution in [3.05, 3.63) is 140 Å². The van der Waals surface area contributed by atoms with Gasteiger partial charge >= 0.3 is 0 Å². The number of rotatable bonds is 4. The molecule has 0 saturated heterocycles. The minimum atomic E-state index is -1.11. The van der Waals surface area contributed by atoms with E-state index in [0.717, 1.165) is 0 Å². The fourth-order valence-electron chi connectivity index (χ4n) is 5.00. The number of para-hydroxylation sites is 1. The first-order valence-electron chi connectivity index (χ1n) is 12.2. The molecule has 5 nitrogen and oxygen atoms in total. The van der Waals surface area contributed by atoms with Gasteiger partial charge in [0.2, 0.25) is 0 Å². The third-order valence-electron chi connectivity index (χ3n) is 6.78. The number of hydrogen-bond acceptors (Lipinski definition) is 4. The molecule has 0 spiro atoms. The van der Waals surface area contributed by atoms with E-state index < -0.39 is 17.9 Å². The molecule has 0 unspecified atom stereocenters. The van der Waals surface area contributed by atoms with Gasteiger partial charge in [0.1, 0.15) is 11.0 Å². The lowest BCUT2D eigenvalue weighted by Gasteiger charge is -2.39. The fraction of sp³-hybridized carbons (Fsp3) is 0.0645. The third-order valence-corrected chi connectivity index (χ3v) is 8.53. The van der Waals surface area contributed by atoms with Crippen LogP contribution in [0.3, 0.4) is 0 Å². The van der Waals surface area contributed by atoms with Crippen molar-refractivity contribution in [2.45, 2.75) is 12.0 Å². The first kappa shape index (κ1) is 25.3. The molecule has 8 heteroatoms. The average Bonchev–Trinajstić information content (AvgIpc) is 2.96. The van der Waals surface area contributed by atoms with Crippen LogP contribution in [0.1, 0.15) is 27.4 Å². The van der Waals surface area contributed by atoms with Gasteiger partial charge in [-0.25, -0.2) is 0 Å². The van der Waals surface area contributed by atoms with Gasteiger partial charge in [-0.1, -0.05) is 77.8 Å². The Kier molecular flexibility index (Phi) is 6.69. The number of carbonyl (C=O) groups is 2. The molecule has 1 aliphatic rings. The van der Waals surface area contributed by atoms with Crippen LogP contribution in [0.2, 0.25) is 10.0 Å². The molecule has 0 fully saturated rings. The Morgan fingerprint density at radius 2 is 1.49 bits per heavy atom. The van der Waals surface area contributed by atoms with Crippen molar-refractivity contribution < 1.29 is 9.59 Å². The van der Waals surface area contributed by atoms with E-state index in [2.05, 4.69) is 5.32 Å². The van der Waals surface area contributed by atoms with Gasteiger partial charge in [-0.3, -0.25) is 19.3 Å². The largest absolute Gasteiger partial charge is 0.339 e. The molecule has 1 N–H and O–H groups in total. The van der Waals surface area contributed by atoms with E-state index in [1.54, 1.807) is 78.9 Å². The van der Waals surface area contributed by atoms with Gasteiger partial charge in [0.05, 0.1) is 0 Å². The Hall–Kier alpha value is -3.97. The molecule has 2 amide bonds. The summed E-state index contributed by atoms with van der Waals surface area (Å²) in [6, 6.07) is 28.9. The molecule has 39 heavy (non-hydrogen) atoms. The van der Waals surface area contributed by atoms with Crippen LogP contribution >= 0.6 is 34.5 Å². The summed E-state index contributed by atoms with van der Waals surface area (Å²) in [6.07, 6.45) is 0. The van der Waals surface area contributed by atoms with Crippen LogP contribution < -0.4 is 15.6 Å². The van der Waals surface area contributed by atoms with Crippen molar-refractivity contribution >= 4 is 67.1 Å². The molecule has 0 bridgehead atoms. The molecule has 1 aromatic heterocycles. The molecular weight excluding hydrogens is 551 g/mol. The van der Waals surface area contributed by atoms with E-state index in [1.165, 1.54) is 16.2 Å². The van der Waals surface area contributed by atoms with E-state index in [4.69, 9.17) is 23.2 Å². The van der Waals surface area contributed by atoms with Gasteiger partial charge in [-0.2, -0.15) is 0 Å². The number of nitrogens with one attached hydrogen (secondary N) is 1. The smallest absolute Gasteiger partial charge is 0.255 e. The number of nitrogens with zero attached hydrogens (tertiary/aromatic N) is 1. The summed E-state index contributed by atoms with van der Waals surface area (Å²) < 4.78 is 0.696. The molecule has 0 saturated carbocycles. The second kappa shape index (κ2) is 10.3. The van der Waals surface area contributed by atoms with Gasteiger partial charge in [-0.15, -0.1) is 11.3 Å². The summed E-state index contributed by atoms with van der Waals surface area (Å²) in [5.74, 6) is -1.63. The Bertz CT molecular complexity index is 1790. The summed E-state index contributed by atoms with van der Waals surface area (Å²) in [7, 11) is 0. The standard InChI is InChI=1S/C31H20Cl2N2O3S/c32-19-15-16-24-22(17-19)28(36)26-25(21-13-7-8-14-23(21)33)27(34-29(37)18-9-3-1-4-10-18)30(38)35(31(26)39-24)20-11-5-2-6-12-20/h1-17,25,27H,(H,34,37)/t25-,27-/m1/s1. The molecule has 0 radical (unpaired) electrons.